The van der Waals surface area contributed by atoms with Crippen LogP contribution in [0.3, 0.4) is 0 Å². The molecular weight excluding hydrogens is 362 g/mol. The van der Waals surface area contributed by atoms with E-state index in [1.807, 2.05) is 11.8 Å². The summed E-state index contributed by atoms with van der Waals surface area (Å²) in [5.74, 6) is 1.04. The molecule has 0 aromatic heterocycles. The van der Waals surface area contributed by atoms with Gasteiger partial charge in [0, 0.05) is 36.3 Å². The highest BCUT2D eigenvalue weighted by molar-refractivity contribution is 7.98. The Kier molecular flexibility index (Phi) is 5.02. The molecule has 3 heteroatoms. The van der Waals surface area contributed by atoms with Crippen LogP contribution in [-0.2, 0) is 10.5 Å². The Labute approximate surface area is 173 Å². The smallest absolute Gasteiger partial charge is 0.109 e. The highest BCUT2D eigenvalue weighted by Gasteiger charge is 2.51. The van der Waals surface area contributed by atoms with Crippen molar-refractivity contribution in [1.29, 1.82) is 0 Å². The van der Waals surface area contributed by atoms with Gasteiger partial charge in [0.05, 0.1) is 31.8 Å². The van der Waals surface area contributed by atoms with E-state index in [1.54, 1.807) is 0 Å². The molecule has 2 fully saturated rings. The Morgan fingerprint density at radius 2 is 1.64 bits per heavy atom. The maximum absolute atomic E-state index is 6.99. The van der Waals surface area contributed by atoms with Gasteiger partial charge in [-0.25, -0.2) is 0 Å². The predicted molar refractivity (Wildman–Crippen MR) is 117 cm³/mol. The van der Waals surface area contributed by atoms with Gasteiger partial charge in [-0.3, -0.25) is 0 Å². The van der Waals surface area contributed by atoms with Crippen molar-refractivity contribution in [2.45, 2.75) is 74.0 Å². The largest absolute Gasteiger partial charge is 0.365 e. The topological polar surface area (TPSA) is 9.23 Å². The zero-order valence-electron chi connectivity index (χ0n) is 17.1. The first-order chi connectivity index (χ1) is 13.7. The zero-order chi connectivity index (χ0) is 19.1. The monoisotopic (exact) mass is 394 g/mol. The number of benzene rings is 2. The van der Waals surface area contributed by atoms with Crippen molar-refractivity contribution in [3.8, 4) is 0 Å². The maximum atomic E-state index is 6.99. The van der Waals surface area contributed by atoms with E-state index in [2.05, 4.69) is 62.5 Å². The first kappa shape index (κ1) is 18.7. The number of nitrogens with zero attached hydrogens (tertiary/aromatic N) is 1. The molecule has 148 valence electrons. The number of quaternary nitrogens is 1. The molecule has 2 saturated heterocycles. The normalized spacial score (nSPS) is 33.8. The van der Waals surface area contributed by atoms with Gasteiger partial charge in [0.25, 0.3) is 0 Å². The zero-order valence-corrected chi connectivity index (χ0v) is 18.0. The molecule has 2 aromatic carbocycles. The highest BCUT2D eigenvalue weighted by Crippen LogP contribution is 2.46. The van der Waals surface area contributed by atoms with E-state index in [9.17, 15) is 0 Å². The van der Waals surface area contributed by atoms with Crippen molar-refractivity contribution in [3.05, 3.63) is 65.2 Å². The summed E-state index contributed by atoms with van der Waals surface area (Å²) in [5.41, 5.74) is 4.17. The summed E-state index contributed by atoms with van der Waals surface area (Å²) in [7, 11) is 2.51. The molecule has 0 saturated carbocycles. The van der Waals surface area contributed by atoms with Gasteiger partial charge in [-0.1, -0.05) is 49.4 Å². The Morgan fingerprint density at radius 3 is 2.39 bits per heavy atom. The van der Waals surface area contributed by atoms with E-state index in [-0.39, 0.29) is 6.10 Å². The lowest BCUT2D eigenvalue weighted by Crippen LogP contribution is -2.59. The fraction of sp³-hybridized carbons (Fsp3) is 0.520. The predicted octanol–water partition coefficient (Wildman–Crippen LogP) is 5.95. The van der Waals surface area contributed by atoms with Gasteiger partial charge in [0.1, 0.15) is 6.10 Å². The molecular formula is C25H32NOS+. The number of fused-ring (bicyclic) bond motifs is 4. The summed E-state index contributed by atoms with van der Waals surface area (Å²) in [4.78, 5) is 1.38. The fourth-order valence-electron chi connectivity index (χ4n) is 6.06. The van der Waals surface area contributed by atoms with E-state index >= 15 is 0 Å². The lowest BCUT2D eigenvalue weighted by Gasteiger charge is -2.47. The van der Waals surface area contributed by atoms with Crippen molar-refractivity contribution in [2.75, 3.05) is 13.6 Å². The molecule has 28 heavy (non-hydrogen) atoms. The average molecular weight is 395 g/mol. The summed E-state index contributed by atoms with van der Waals surface area (Å²) in [6.45, 7) is 3.66. The lowest BCUT2D eigenvalue weighted by atomic mass is 9.94. The Bertz CT molecular complexity index is 788. The molecule has 3 aliphatic rings. The van der Waals surface area contributed by atoms with E-state index in [1.165, 1.54) is 64.7 Å². The summed E-state index contributed by atoms with van der Waals surface area (Å²) in [5, 5.41) is 0. The molecule has 0 amide bonds. The minimum atomic E-state index is 0.0785. The van der Waals surface area contributed by atoms with Gasteiger partial charge in [0.15, 0.2) is 0 Å². The first-order valence-corrected chi connectivity index (χ1v) is 12.0. The van der Waals surface area contributed by atoms with E-state index in [4.69, 9.17) is 4.74 Å². The van der Waals surface area contributed by atoms with Crippen molar-refractivity contribution >= 4 is 11.8 Å². The first-order valence-electron chi connectivity index (χ1n) is 11.0. The third-order valence-corrected chi connectivity index (χ3v) is 8.67. The van der Waals surface area contributed by atoms with E-state index in [0.29, 0.717) is 6.10 Å². The standard InChI is InChI=1S/C25H32NOS/c1-3-14-26(2)19-12-13-20(26)16-21(15-19)27-25-22-9-5-4-8-18(22)17-28-24-11-7-6-10-23(24)25/h4-11,19-21,25H,3,12-17H2,1-2H3/q+1/t19-,20-,21?,25-,26?/m0/s1. The van der Waals surface area contributed by atoms with Crippen molar-refractivity contribution in [3.63, 3.8) is 0 Å². The molecule has 0 radical (unpaired) electrons. The molecule has 2 bridgehead atoms. The minimum absolute atomic E-state index is 0.0785. The number of ether oxygens (including phenoxy) is 1. The molecule has 3 aliphatic heterocycles. The average Bonchev–Trinajstić information content (AvgIpc) is 2.88. The summed E-state index contributed by atoms with van der Waals surface area (Å²) in [6.07, 6.45) is 6.96. The molecule has 0 spiro atoms. The number of thioether (sulfide) groups is 1. The van der Waals surface area contributed by atoms with E-state index < -0.39 is 0 Å². The molecule has 2 aromatic rings. The molecule has 2 nitrogen and oxygen atoms in total. The minimum Gasteiger partial charge on any atom is -0.365 e. The molecule has 3 heterocycles. The second kappa shape index (κ2) is 7.51. The second-order valence-corrected chi connectivity index (χ2v) is 10.1. The van der Waals surface area contributed by atoms with Crippen LogP contribution in [0, 0.1) is 0 Å². The summed E-state index contributed by atoms with van der Waals surface area (Å²) in [6, 6.07) is 19.4. The van der Waals surface area contributed by atoms with Crippen LogP contribution < -0.4 is 0 Å². The quantitative estimate of drug-likeness (QED) is 0.593. The van der Waals surface area contributed by atoms with Crippen LogP contribution in [0.1, 0.15) is 61.8 Å². The van der Waals surface area contributed by atoms with Crippen LogP contribution >= 0.6 is 11.8 Å². The highest BCUT2D eigenvalue weighted by atomic mass is 32.2. The van der Waals surface area contributed by atoms with Gasteiger partial charge in [-0.15, -0.1) is 11.8 Å². The molecule has 0 N–H and O–H groups in total. The number of hydrogen-bond donors (Lipinski definition) is 0. The molecule has 3 atom stereocenters. The van der Waals surface area contributed by atoms with Gasteiger partial charge >= 0.3 is 0 Å². The van der Waals surface area contributed by atoms with Crippen LogP contribution in [-0.4, -0.2) is 36.3 Å². The van der Waals surface area contributed by atoms with Gasteiger partial charge in [-0.2, -0.15) is 0 Å². The Morgan fingerprint density at radius 1 is 0.964 bits per heavy atom. The lowest BCUT2D eigenvalue weighted by molar-refractivity contribution is -0.949. The van der Waals surface area contributed by atoms with Crippen LogP contribution in [0.15, 0.2) is 53.4 Å². The third-order valence-electron chi connectivity index (χ3n) is 7.53. The second-order valence-electron chi connectivity index (χ2n) is 9.09. The van der Waals surface area contributed by atoms with Gasteiger partial charge < -0.3 is 9.22 Å². The fourth-order valence-corrected chi connectivity index (χ4v) is 7.15. The number of rotatable bonds is 4. The van der Waals surface area contributed by atoms with Crippen molar-refractivity contribution in [2.24, 2.45) is 0 Å². The summed E-state index contributed by atoms with van der Waals surface area (Å²) >= 11 is 1.95. The maximum Gasteiger partial charge on any atom is 0.109 e. The van der Waals surface area contributed by atoms with Crippen molar-refractivity contribution < 1.29 is 9.22 Å². The molecule has 5 rings (SSSR count). The Balaban J connectivity index is 1.45. The van der Waals surface area contributed by atoms with Gasteiger partial charge in [-0.05, 0) is 29.2 Å². The number of hydrogen-bond acceptors (Lipinski definition) is 2. The molecule has 0 unspecified atom stereocenters. The SMILES string of the molecule is CCC[N+]1(C)[C@H]2CC[C@H]1CC(O[C@H]1c3ccccc3CSc3ccccc31)C2. The van der Waals surface area contributed by atoms with E-state index in [0.717, 1.165) is 17.8 Å². The van der Waals surface area contributed by atoms with Crippen LogP contribution in [0.5, 0.6) is 0 Å². The number of piperidine rings is 1. The van der Waals surface area contributed by atoms with Gasteiger partial charge in [0.2, 0.25) is 0 Å². The van der Waals surface area contributed by atoms with Crippen molar-refractivity contribution in [1.82, 2.24) is 0 Å². The third kappa shape index (κ3) is 3.12. The van der Waals surface area contributed by atoms with Crippen LogP contribution in [0.2, 0.25) is 0 Å². The van der Waals surface area contributed by atoms with Crippen LogP contribution in [0.4, 0.5) is 0 Å². The molecule has 0 aliphatic carbocycles. The van der Waals surface area contributed by atoms with Crippen LogP contribution in [0.25, 0.3) is 0 Å². The summed E-state index contributed by atoms with van der Waals surface area (Å²) < 4.78 is 8.29. The Hall–Kier alpha value is -1.29.